The van der Waals surface area contributed by atoms with E-state index in [1.807, 2.05) is 0 Å². The fourth-order valence-corrected chi connectivity index (χ4v) is 0. The molecule has 0 aliphatic rings. The van der Waals surface area contributed by atoms with Crippen molar-refractivity contribution in [2.45, 2.75) is 0 Å². The van der Waals surface area contributed by atoms with Gasteiger partial charge in [-0.05, 0) is 24.6 Å². The SMILES string of the molecule is CP(C)C.O.O=[P+]([O-])O.[K+]. The Morgan fingerprint density at radius 3 is 1.40 bits per heavy atom. The molecule has 0 aliphatic carbocycles. The molecule has 10 heavy (non-hydrogen) atoms. The van der Waals surface area contributed by atoms with Crippen LogP contribution in [0.3, 0.4) is 0 Å². The molecular formula is C3H12KO4P2+. The van der Waals surface area contributed by atoms with Crippen molar-refractivity contribution in [3.05, 3.63) is 0 Å². The summed E-state index contributed by atoms with van der Waals surface area (Å²) in [5, 5.41) is 0. The fourth-order valence-electron chi connectivity index (χ4n) is 0. The van der Waals surface area contributed by atoms with Crippen molar-refractivity contribution in [1.29, 1.82) is 0 Å². The Bertz CT molecular complexity index is 62.8. The van der Waals surface area contributed by atoms with Crippen molar-refractivity contribution in [2.24, 2.45) is 0 Å². The molecule has 4 nitrogen and oxygen atoms in total. The van der Waals surface area contributed by atoms with E-state index in [0.29, 0.717) is 7.92 Å². The van der Waals surface area contributed by atoms with Gasteiger partial charge in [0.2, 0.25) is 0 Å². The Balaban J connectivity index is -0.0000000300. The van der Waals surface area contributed by atoms with Gasteiger partial charge >= 0.3 is 59.6 Å². The molecule has 58 valence electrons. The van der Waals surface area contributed by atoms with Crippen LogP contribution in [0.25, 0.3) is 0 Å². The van der Waals surface area contributed by atoms with Gasteiger partial charge in [-0.15, -0.1) is 7.92 Å². The summed E-state index contributed by atoms with van der Waals surface area (Å²) in [6.45, 7) is 6.69. The maximum Gasteiger partial charge on any atom is 1.00 e. The molecule has 0 aromatic rings. The van der Waals surface area contributed by atoms with Gasteiger partial charge in [-0.1, -0.05) is 0 Å². The van der Waals surface area contributed by atoms with E-state index in [1.165, 1.54) is 0 Å². The molecule has 0 rings (SSSR count). The van der Waals surface area contributed by atoms with Gasteiger partial charge < -0.3 is 10.4 Å². The van der Waals surface area contributed by atoms with Crippen molar-refractivity contribution in [3.63, 3.8) is 0 Å². The average molecular weight is 213 g/mol. The summed E-state index contributed by atoms with van der Waals surface area (Å²) in [5.74, 6) is 0. The Labute approximate surface area is 106 Å². The van der Waals surface area contributed by atoms with Gasteiger partial charge in [-0.3, -0.25) is 0 Å². The molecule has 0 bridgehead atoms. The van der Waals surface area contributed by atoms with E-state index < -0.39 is 8.25 Å². The topological polar surface area (TPSA) is 91.9 Å². The van der Waals surface area contributed by atoms with Crippen molar-refractivity contribution in [2.75, 3.05) is 20.0 Å². The fraction of sp³-hybridized carbons (Fsp3) is 1.00. The van der Waals surface area contributed by atoms with Crippen LogP contribution in [0.4, 0.5) is 0 Å². The molecule has 0 aliphatic heterocycles. The quantitative estimate of drug-likeness (QED) is 0.335. The van der Waals surface area contributed by atoms with Crippen LogP contribution in [0.1, 0.15) is 0 Å². The third-order valence-electron chi connectivity index (χ3n) is 0. The first-order valence-electron chi connectivity index (χ1n) is 1.91. The summed E-state index contributed by atoms with van der Waals surface area (Å²) in [7, 11) is -2.74. The summed E-state index contributed by atoms with van der Waals surface area (Å²) < 4.78 is 8.59. The molecule has 0 spiro atoms. The van der Waals surface area contributed by atoms with E-state index in [4.69, 9.17) is 14.4 Å². The van der Waals surface area contributed by atoms with E-state index in [-0.39, 0.29) is 56.9 Å². The summed E-state index contributed by atoms with van der Waals surface area (Å²) in [6.07, 6.45) is 0. The van der Waals surface area contributed by atoms with Gasteiger partial charge in [0, 0.05) is 0 Å². The van der Waals surface area contributed by atoms with Crippen LogP contribution in [-0.2, 0) is 4.57 Å². The first-order valence-corrected chi connectivity index (χ1v) is 5.72. The predicted molar refractivity (Wildman–Crippen MR) is 38.1 cm³/mol. The largest absolute Gasteiger partial charge is 1.00 e. The second kappa shape index (κ2) is 17.2. The van der Waals surface area contributed by atoms with Crippen LogP contribution < -0.4 is 56.3 Å². The smallest absolute Gasteiger partial charge is 0.567 e. The first kappa shape index (κ1) is 22.7. The Hall–Kier alpha value is 2.05. The maximum atomic E-state index is 8.59. The van der Waals surface area contributed by atoms with Crippen LogP contribution in [0.5, 0.6) is 0 Å². The van der Waals surface area contributed by atoms with E-state index in [2.05, 4.69) is 20.0 Å². The van der Waals surface area contributed by atoms with Crippen molar-refractivity contribution in [1.82, 2.24) is 0 Å². The zero-order valence-corrected chi connectivity index (χ0v) is 11.6. The van der Waals surface area contributed by atoms with Crippen molar-refractivity contribution < 1.29 is 71.2 Å². The van der Waals surface area contributed by atoms with Crippen molar-refractivity contribution >= 4 is 16.2 Å². The standard InChI is InChI=1S/C3H9P.K.HO3P.H2O/c1-4(2)3;;1-4(2)3;/h1-3H3;;(H,1,2,3);1H2/q;+1;;. The maximum absolute atomic E-state index is 8.59. The summed E-state index contributed by atoms with van der Waals surface area (Å²) in [5.41, 5.74) is 0. The van der Waals surface area contributed by atoms with Gasteiger partial charge in [-0.25, -0.2) is 0 Å². The van der Waals surface area contributed by atoms with Crippen LogP contribution in [0.2, 0.25) is 0 Å². The molecule has 0 amide bonds. The van der Waals surface area contributed by atoms with Gasteiger partial charge in [0.15, 0.2) is 0 Å². The minimum atomic E-state index is -3.12. The minimum absolute atomic E-state index is 0. The van der Waals surface area contributed by atoms with E-state index in [0.717, 1.165) is 0 Å². The van der Waals surface area contributed by atoms with Gasteiger partial charge in [0.25, 0.3) is 0 Å². The van der Waals surface area contributed by atoms with E-state index in [9.17, 15) is 0 Å². The average Bonchev–Trinajstić information content (AvgIpc) is 1.25. The molecule has 0 heterocycles. The zero-order chi connectivity index (χ0) is 7.15. The number of hydrogen-bond donors (Lipinski definition) is 1. The predicted octanol–water partition coefficient (Wildman–Crippen LogP) is -3.47. The molecule has 0 fully saturated rings. The Morgan fingerprint density at radius 1 is 1.40 bits per heavy atom. The van der Waals surface area contributed by atoms with E-state index >= 15 is 0 Å². The molecule has 0 saturated heterocycles. The van der Waals surface area contributed by atoms with Crippen molar-refractivity contribution in [3.8, 4) is 0 Å². The second-order valence-corrected chi connectivity index (χ2v) is 4.74. The van der Waals surface area contributed by atoms with Gasteiger partial charge in [-0.2, -0.15) is 4.89 Å². The molecule has 1 atom stereocenters. The van der Waals surface area contributed by atoms with Crippen LogP contribution >= 0.6 is 16.2 Å². The van der Waals surface area contributed by atoms with E-state index in [1.54, 1.807) is 0 Å². The van der Waals surface area contributed by atoms with Crippen LogP contribution in [0, 0.1) is 0 Å². The van der Waals surface area contributed by atoms with Crippen LogP contribution in [-0.4, -0.2) is 30.4 Å². The summed E-state index contributed by atoms with van der Waals surface area (Å²) >= 11 is 0. The normalized spacial score (nSPS) is 8.00. The monoisotopic (exact) mass is 213 g/mol. The van der Waals surface area contributed by atoms with Gasteiger partial charge in [0.1, 0.15) is 0 Å². The molecule has 0 aromatic carbocycles. The zero-order valence-electron chi connectivity index (χ0n) is 6.66. The molecule has 0 radical (unpaired) electrons. The van der Waals surface area contributed by atoms with Gasteiger partial charge in [0.05, 0.1) is 0 Å². The third kappa shape index (κ3) is 196. The Morgan fingerprint density at radius 2 is 1.40 bits per heavy atom. The number of rotatable bonds is 0. The third-order valence-corrected chi connectivity index (χ3v) is 0. The summed E-state index contributed by atoms with van der Waals surface area (Å²) in [6, 6.07) is 0. The second-order valence-electron chi connectivity index (χ2n) is 1.58. The first-order chi connectivity index (χ1) is 3.46. The molecule has 1 unspecified atom stereocenters. The molecule has 7 heteroatoms. The Kier molecular flexibility index (Phi) is 39.1. The number of hydrogen-bond acceptors (Lipinski definition) is 2. The summed E-state index contributed by atoms with van der Waals surface area (Å²) in [4.78, 5) is 15.6. The molecule has 0 saturated carbocycles. The van der Waals surface area contributed by atoms with Crippen LogP contribution in [0.15, 0.2) is 0 Å². The minimum Gasteiger partial charge on any atom is -0.567 e. The molecular weight excluding hydrogens is 201 g/mol. The molecule has 3 N–H and O–H groups in total. The molecule has 0 aromatic heterocycles.